The average Bonchev–Trinajstić information content (AvgIpc) is 3.03. The minimum Gasteiger partial charge on any atom is -0.398 e. The van der Waals surface area contributed by atoms with E-state index in [-0.39, 0.29) is 0 Å². The molecule has 1 aromatic carbocycles. The van der Waals surface area contributed by atoms with Gasteiger partial charge in [-0.2, -0.15) is 0 Å². The van der Waals surface area contributed by atoms with E-state index in [1.165, 1.54) is 12.8 Å². The van der Waals surface area contributed by atoms with Gasteiger partial charge in [0, 0.05) is 16.3 Å². The van der Waals surface area contributed by atoms with Gasteiger partial charge in [0.15, 0.2) is 5.82 Å². The summed E-state index contributed by atoms with van der Waals surface area (Å²) in [6, 6.07) is 5.40. The van der Waals surface area contributed by atoms with Crippen LogP contribution in [0.3, 0.4) is 0 Å². The number of nitrogens with two attached hydrogens (primary N) is 1. The zero-order chi connectivity index (χ0) is 14.3. The van der Waals surface area contributed by atoms with Crippen molar-refractivity contribution in [2.45, 2.75) is 33.2 Å². The number of aromatic nitrogens is 4. The van der Waals surface area contributed by atoms with E-state index in [2.05, 4.69) is 29.4 Å². The minimum absolute atomic E-state index is 0.339. The molecule has 1 saturated carbocycles. The van der Waals surface area contributed by atoms with E-state index in [1.807, 2.05) is 16.8 Å². The molecular weight excluding hydrogens is 274 g/mol. The van der Waals surface area contributed by atoms with Crippen LogP contribution in [0.5, 0.6) is 0 Å². The molecule has 0 bridgehead atoms. The standard InChI is InChI=1S/C14H18ClN5/c1-9(2)14(5-6-14)8-20-13(17-18-19-20)11-4-3-10(15)7-12(11)16/h3-4,7,9H,5-6,8,16H2,1-2H3. The number of hydrogen-bond acceptors (Lipinski definition) is 4. The summed E-state index contributed by atoms with van der Waals surface area (Å²) < 4.78 is 1.87. The van der Waals surface area contributed by atoms with Gasteiger partial charge in [-0.25, -0.2) is 4.68 Å². The topological polar surface area (TPSA) is 69.6 Å². The van der Waals surface area contributed by atoms with E-state index < -0.39 is 0 Å². The van der Waals surface area contributed by atoms with Crippen molar-refractivity contribution in [3.05, 3.63) is 23.2 Å². The molecule has 1 heterocycles. The molecule has 0 spiro atoms. The highest BCUT2D eigenvalue weighted by Crippen LogP contribution is 2.53. The van der Waals surface area contributed by atoms with Crippen molar-refractivity contribution in [1.29, 1.82) is 0 Å². The third-order valence-corrected chi connectivity index (χ3v) is 4.60. The van der Waals surface area contributed by atoms with Crippen LogP contribution in [-0.4, -0.2) is 20.2 Å². The van der Waals surface area contributed by atoms with Gasteiger partial charge in [-0.1, -0.05) is 25.4 Å². The lowest BCUT2D eigenvalue weighted by atomic mass is 9.92. The molecule has 6 heteroatoms. The van der Waals surface area contributed by atoms with Gasteiger partial charge in [0.2, 0.25) is 0 Å². The summed E-state index contributed by atoms with van der Waals surface area (Å²) in [5.41, 5.74) is 7.80. The predicted octanol–water partition coefficient (Wildman–Crippen LogP) is 3.01. The van der Waals surface area contributed by atoms with Gasteiger partial charge in [-0.15, -0.1) is 5.10 Å². The Morgan fingerprint density at radius 1 is 1.40 bits per heavy atom. The summed E-state index contributed by atoms with van der Waals surface area (Å²) in [7, 11) is 0. The quantitative estimate of drug-likeness (QED) is 0.879. The summed E-state index contributed by atoms with van der Waals surface area (Å²) >= 11 is 5.94. The largest absolute Gasteiger partial charge is 0.398 e. The van der Waals surface area contributed by atoms with Crippen LogP contribution in [0.2, 0.25) is 5.02 Å². The van der Waals surface area contributed by atoms with Crippen molar-refractivity contribution in [3.63, 3.8) is 0 Å². The highest BCUT2D eigenvalue weighted by Gasteiger charge is 2.46. The SMILES string of the molecule is CC(C)C1(Cn2nnnc2-c2ccc(Cl)cc2N)CC1. The van der Waals surface area contributed by atoms with E-state index in [1.54, 1.807) is 6.07 Å². The fourth-order valence-electron chi connectivity index (χ4n) is 2.62. The van der Waals surface area contributed by atoms with E-state index in [4.69, 9.17) is 17.3 Å². The summed E-state index contributed by atoms with van der Waals surface area (Å²) in [4.78, 5) is 0. The molecule has 0 radical (unpaired) electrons. The second-order valence-corrected chi connectivity index (χ2v) is 6.35. The maximum atomic E-state index is 6.03. The Morgan fingerprint density at radius 3 is 2.75 bits per heavy atom. The molecule has 0 unspecified atom stereocenters. The molecule has 106 valence electrons. The number of nitrogens with zero attached hydrogens (tertiary/aromatic N) is 4. The first-order valence-corrected chi connectivity index (χ1v) is 7.21. The third-order valence-electron chi connectivity index (χ3n) is 4.37. The molecule has 1 aromatic heterocycles. The Bertz CT molecular complexity index is 630. The fraction of sp³-hybridized carbons (Fsp3) is 0.500. The minimum atomic E-state index is 0.339. The van der Waals surface area contributed by atoms with Crippen LogP contribution < -0.4 is 5.73 Å². The molecule has 2 aromatic rings. The van der Waals surface area contributed by atoms with Crippen LogP contribution in [-0.2, 0) is 6.54 Å². The molecule has 2 N–H and O–H groups in total. The summed E-state index contributed by atoms with van der Waals surface area (Å²) in [5.74, 6) is 1.34. The van der Waals surface area contributed by atoms with Gasteiger partial charge < -0.3 is 5.73 Å². The normalized spacial score (nSPS) is 16.6. The van der Waals surface area contributed by atoms with Gasteiger partial charge in [-0.05, 0) is 52.8 Å². The van der Waals surface area contributed by atoms with Gasteiger partial charge in [0.1, 0.15) is 0 Å². The zero-order valence-corrected chi connectivity index (χ0v) is 12.4. The van der Waals surface area contributed by atoms with Crippen molar-refractivity contribution >= 4 is 17.3 Å². The van der Waals surface area contributed by atoms with Crippen molar-refractivity contribution < 1.29 is 0 Å². The number of benzene rings is 1. The van der Waals surface area contributed by atoms with Crippen LogP contribution in [0.1, 0.15) is 26.7 Å². The molecule has 3 rings (SSSR count). The van der Waals surface area contributed by atoms with Crippen molar-refractivity contribution in [2.24, 2.45) is 11.3 Å². The Labute approximate surface area is 123 Å². The number of tetrazole rings is 1. The number of rotatable bonds is 4. The molecule has 0 saturated heterocycles. The summed E-state index contributed by atoms with van der Waals surface area (Å²) in [6.07, 6.45) is 2.47. The van der Waals surface area contributed by atoms with Crippen LogP contribution in [0.4, 0.5) is 5.69 Å². The Hall–Kier alpha value is -1.62. The Kier molecular flexibility index (Phi) is 3.17. The van der Waals surface area contributed by atoms with Gasteiger partial charge in [0.05, 0.1) is 6.54 Å². The lowest BCUT2D eigenvalue weighted by Crippen LogP contribution is -2.19. The number of anilines is 1. The number of nitrogen functional groups attached to an aromatic ring is 1. The van der Waals surface area contributed by atoms with Crippen molar-refractivity contribution in [3.8, 4) is 11.4 Å². The van der Waals surface area contributed by atoms with Crippen LogP contribution >= 0.6 is 11.6 Å². The maximum Gasteiger partial charge on any atom is 0.184 e. The molecule has 0 aliphatic heterocycles. The highest BCUT2D eigenvalue weighted by atomic mass is 35.5. The zero-order valence-electron chi connectivity index (χ0n) is 11.7. The number of halogens is 1. The molecule has 1 aliphatic rings. The molecule has 0 atom stereocenters. The Morgan fingerprint density at radius 2 is 2.15 bits per heavy atom. The van der Waals surface area contributed by atoms with E-state index >= 15 is 0 Å². The van der Waals surface area contributed by atoms with Crippen molar-refractivity contribution in [1.82, 2.24) is 20.2 Å². The first-order valence-electron chi connectivity index (χ1n) is 6.83. The van der Waals surface area contributed by atoms with Gasteiger partial charge in [0.25, 0.3) is 0 Å². The second kappa shape index (κ2) is 4.74. The Balaban J connectivity index is 1.94. The predicted molar refractivity (Wildman–Crippen MR) is 79.2 cm³/mol. The molecule has 1 aliphatic carbocycles. The van der Waals surface area contributed by atoms with E-state index in [9.17, 15) is 0 Å². The summed E-state index contributed by atoms with van der Waals surface area (Å²) in [5, 5.41) is 12.7. The smallest absolute Gasteiger partial charge is 0.184 e. The van der Waals surface area contributed by atoms with Crippen LogP contribution in [0, 0.1) is 11.3 Å². The van der Waals surface area contributed by atoms with Gasteiger partial charge in [-0.3, -0.25) is 0 Å². The van der Waals surface area contributed by atoms with E-state index in [0.29, 0.717) is 27.9 Å². The number of hydrogen-bond donors (Lipinski definition) is 1. The summed E-state index contributed by atoms with van der Waals surface area (Å²) in [6.45, 7) is 5.36. The van der Waals surface area contributed by atoms with Crippen LogP contribution in [0.15, 0.2) is 18.2 Å². The fourth-order valence-corrected chi connectivity index (χ4v) is 2.80. The third kappa shape index (κ3) is 2.26. The monoisotopic (exact) mass is 291 g/mol. The molecule has 1 fully saturated rings. The maximum absolute atomic E-state index is 6.03. The molecular formula is C14H18ClN5. The highest BCUT2D eigenvalue weighted by molar-refractivity contribution is 6.31. The first-order chi connectivity index (χ1) is 9.52. The van der Waals surface area contributed by atoms with Gasteiger partial charge >= 0.3 is 0 Å². The second-order valence-electron chi connectivity index (χ2n) is 5.91. The molecule has 0 amide bonds. The van der Waals surface area contributed by atoms with E-state index in [0.717, 1.165) is 12.1 Å². The lowest BCUT2D eigenvalue weighted by Gasteiger charge is -2.19. The average molecular weight is 292 g/mol. The van der Waals surface area contributed by atoms with Crippen LogP contribution in [0.25, 0.3) is 11.4 Å². The lowest BCUT2D eigenvalue weighted by molar-refractivity contribution is 0.294. The first kappa shape index (κ1) is 13.4. The molecule has 5 nitrogen and oxygen atoms in total. The van der Waals surface area contributed by atoms with Crippen molar-refractivity contribution in [2.75, 3.05) is 5.73 Å². The molecule has 20 heavy (non-hydrogen) atoms.